The number of carbonyl (C=O) groups excluding carboxylic acids is 1. The fourth-order valence-corrected chi connectivity index (χ4v) is 3.39. The van der Waals surface area contributed by atoms with Crippen molar-refractivity contribution >= 4 is 29.0 Å². The summed E-state index contributed by atoms with van der Waals surface area (Å²) < 4.78 is 14.3. The van der Waals surface area contributed by atoms with Gasteiger partial charge in [0.25, 0.3) is 5.91 Å². The largest absolute Gasteiger partial charge is 0.398 e. The quantitative estimate of drug-likeness (QED) is 0.821. The molecule has 0 radical (unpaired) electrons. The molecule has 1 saturated heterocycles. The van der Waals surface area contributed by atoms with Gasteiger partial charge in [0.15, 0.2) is 0 Å². The minimum atomic E-state index is -0.631. The Labute approximate surface area is 122 Å². The van der Waals surface area contributed by atoms with Crippen LogP contribution in [0.2, 0.25) is 0 Å². The van der Waals surface area contributed by atoms with Gasteiger partial charge >= 0.3 is 0 Å². The maximum atomic E-state index is 14.1. The van der Waals surface area contributed by atoms with Crippen LogP contribution in [0.1, 0.15) is 30.6 Å². The van der Waals surface area contributed by atoms with Gasteiger partial charge in [-0.1, -0.05) is 13.8 Å². The predicted octanol–water partition coefficient (Wildman–Crippen LogP) is 2.23. The van der Waals surface area contributed by atoms with E-state index in [1.54, 1.807) is 0 Å². The molecule has 20 heavy (non-hydrogen) atoms. The molecule has 0 bridgehead atoms. The van der Waals surface area contributed by atoms with E-state index in [1.807, 2.05) is 16.7 Å². The van der Waals surface area contributed by atoms with Crippen molar-refractivity contribution in [2.24, 2.45) is 5.73 Å². The van der Waals surface area contributed by atoms with Crippen LogP contribution in [0.5, 0.6) is 0 Å². The number of amides is 1. The Hall–Kier alpha value is -1.43. The number of hydrogen-bond donors (Lipinski definition) is 2. The van der Waals surface area contributed by atoms with Gasteiger partial charge in [-0.25, -0.2) is 4.39 Å². The van der Waals surface area contributed by atoms with Crippen LogP contribution in [0.4, 0.5) is 15.8 Å². The molecule has 0 aliphatic carbocycles. The van der Waals surface area contributed by atoms with Crippen molar-refractivity contribution in [3.63, 3.8) is 0 Å². The lowest BCUT2D eigenvalue weighted by Gasteiger charge is -2.25. The third-order valence-electron chi connectivity index (χ3n) is 3.56. The molecule has 0 saturated carbocycles. The first-order valence-corrected chi connectivity index (χ1v) is 7.56. The highest BCUT2D eigenvalue weighted by molar-refractivity contribution is 8.00. The molecule has 1 aliphatic rings. The number of nitrogens with zero attached hydrogens (tertiary/aromatic N) is 1. The van der Waals surface area contributed by atoms with Crippen molar-refractivity contribution in [3.8, 4) is 0 Å². The van der Waals surface area contributed by atoms with Crippen LogP contribution in [0, 0.1) is 5.82 Å². The van der Waals surface area contributed by atoms with Crippen molar-refractivity contribution < 1.29 is 9.18 Å². The lowest BCUT2D eigenvalue weighted by Crippen LogP contribution is -2.28. The lowest BCUT2D eigenvalue weighted by atomic mass is 10.1. The first-order valence-electron chi connectivity index (χ1n) is 6.58. The molecule has 1 fully saturated rings. The zero-order valence-electron chi connectivity index (χ0n) is 11.8. The van der Waals surface area contributed by atoms with E-state index in [0.29, 0.717) is 5.69 Å². The molecule has 0 unspecified atom stereocenters. The minimum absolute atomic E-state index is 0.0864. The third-order valence-corrected chi connectivity index (χ3v) is 4.94. The van der Waals surface area contributed by atoms with E-state index in [-0.39, 0.29) is 16.0 Å². The van der Waals surface area contributed by atoms with E-state index < -0.39 is 11.7 Å². The van der Waals surface area contributed by atoms with E-state index in [2.05, 4.69) is 13.8 Å². The first-order chi connectivity index (χ1) is 9.30. The summed E-state index contributed by atoms with van der Waals surface area (Å²) in [4.78, 5) is 13.3. The number of benzene rings is 1. The smallest absolute Gasteiger partial charge is 0.250 e. The van der Waals surface area contributed by atoms with Gasteiger partial charge in [-0.05, 0) is 18.6 Å². The zero-order valence-corrected chi connectivity index (χ0v) is 12.6. The van der Waals surface area contributed by atoms with Gasteiger partial charge in [0, 0.05) is 29.3 Å². The molecule has 1 aliphatic heterocycles. The fourth-order valence-electron chi connectivity index (χ4n) is 2.29. The summed E-state index contributed by atoms with van der Waals surface area (Å²) in [6, 6.07) is 2.65. The number of halogens is 1. The van der Waals surface area contributed by atoms with E-state index in [4.69, 9.17) is 11.5 Å². The van der Waals surface area contributed by atoms with Gasteiger partial charge in [-0.15, -0.1) is 0 Å². The maximum absolute atomic E-state index is 14.1. The number of nitrogen functional groups attached to an aromatic ring is 1. The lowest BCUT2D eigenvalue weighted by molar-refractivity contribution is 0.100. The summed E-state index contributed by atoms with van der Waals surface area (Å²) >= 11 is 1.88. The number of primary amides is 1. The van der Waals surface area contributed by atoms with Crippen molar-refractivity contribution in [2.75, 3.05) is 29.5 Å². The van der Waals surface area contributed by atoms with Crippen molar-refractivity contribution in [3.05, 3.63) is 23.5 Å². The molecule has 0 spiro atoms. The SMILES string of the molecule is CC1(C)CCN(c2cc(C(N)=O)c(N)cc2F)CCS1. The molecule has 1 aromatic rings. The highest BCUT2D eigenvalue weighted by Crippen LogP contribution is 2.34. The van der Waals surface area contributed by atoms with Crippen LogP contribution in [0.15, 0.2) is 12.1 Å². The summed E-state index contributed by atoms with van der Waals surface area (Å²) in [5, 5.41) is 0. The summed E-state index contributed by atoms with van der Waals surface area (Å²) in [6.07, 6.45) is 0.952. The highest BCUT2D eigenvalue weighted by Gasteiger charge is 2.25. The number of thioether (sulfide) groups is 1. The first kappa shape index (κ1) is 15.0. The molecule has 2 rings (SSSR count). The van der Waals surface area contributed by atoms with Crippen molar-refractivity contribution in [1.82, 2.24) is 0 Å². The third kappa shape index (κ3) is 3.17. The molecule has 4 nitrogen and oxygen atoms in total. The standard InChI is InChI=1S/C14H20FN3OS/c1-14(2)3-4-18(5-6-20-14)12-7-9(13(17)19)11(16)8-10(12)15/h7-8H,3-6,16H2,1-2H3,(H2,17,19). The van der Waals surface area contributed by atoms with Gasteiger partial charge in [-0.3, -0.25) is 4.79 Å². The molecule has 4 N–H and O–H groups in total. The fraction of sp³-hybridized carbons (Fsp3) is 0.500. The molecule has 0 atom stereocenters. The summed E-state index contributed by atoms with van der Waals surface area (Å²) in [6.45, 7) is 5.87. The molecule has 110 valence electrons. The van der Waals surface area contributed by atoms with Gasteiger partial charge in [0.2, 0.25) is 0 Å². The minimum Gasteiger partial charge on any atom is -0.398 e. The average Bonchev–Trinajstić information content (AvgIpc) is 2.50. The Morgan fingerprint density at radius 3 is 2.75 bits per heavy atom. The van der Waals surface area contributed by atoms with E-state index in [1.165, 1.54) is 12.1 Å². The summed E-state index contributed by atoms with van der Waals surface area (Å²) in [5.41, 5.74) is 11.6. The van der Waals surface area contributed by atoms with Gasteiger partial charge < -0.3 is 16.4 Å². The van der Waals surface area contributed by atoms with E-state index in [0.717, 1.165) is 25.3 Å². The number of nitrogens with two attached hydrogens (primary N) is 2. The highest BCUT2D eigenvalue weighted by atomic mass is 32.2. The molecular weight excluding hydrogens is 277 g/mol. The van der Waals surface area contributed by atoms with Gasteiger partial charge in [-0.2, -0.15) is 11.8 Å². The zero-order chi connectivity index (χ0) is 14.9. The monoisotopic (exact) mass is 297 g/mol. The van der Waals surface area contributed by atoms with Gasteiger partial charge in [0.1, 0.15) is 5.82 Å². The molecule has 1 heterocycles. The van der Waals surface area contributed by atoms with Crippen LogP contribution in [0.25, 0.3) is 0 Å². The van der Waals surface area contributed by atoms with E-state index in [9.17, 15) is 9.18 Å². The Kier molecular flexibility index (Phi) is 4.13. The number of carbonyl (C=O) groups is 1. The van der Waals surface area contributed by atoms with Crippen LogP contribution in [-0.4, -0.2) is 29.5 Å². The molecule has 0 aromatic heterocycles. The Morgan fingerprint density at radius 1 is 1.40 bits per heavy atom. The predicted molar refractivity (Wildman–Crippen MR) is 82.7 cm³/mol. The number of anilines is 2. The van der Waals surface area contributed by atoms with Crippen LogP contribution in [0.3, 0.4) is 0 Å². The number of rotatable bonds is 2. The number of hydrogen-bond acceptors (Lipinski definition) is 4. The Bertz CT molecular complexity index is 533. The molecule has 6 heteroatoms. The van der Waals surface area contributed by atoms with Crippen LogP contribution < -0.4 is 16.4 Å². The second-order valence-electron chi connectivity index (χ2n) is 5.60. The Morgan fingerprint density at radius 2 is 2.10 bits per heavy atom. The van der Waals surface area contributed by atoms with E-state index >= 15 is 0 Å². The Balaban J connectivity index is 2.32. The topological polar surface area (TPSA) is 72.3 Å². The molecule has 1 amide bonds. The molecule has 1 aromatic carbocycles. The van der Waals surface area contributed by atoms with Gasteiger partial charge in [0.05, 0.1) is 11.3 Å². The molecular formula is C14H20FN3OS. The second kappa shape index (κ2) is 5.52. The van der Waals surface area contributed by atoms with Crippen LogP contribution in [-0.2, 0) is 0 Å². The maximum Gasteiger partial charge on any atom is 0.250 e. The van der Waals surface area contributed by atoms with Crippen LogP contribution >= 0.6 is 11.8 Å². The van der Waals surface area contributed by atoms with Crippen molar-refractivity contribution in [1.29, 1.82) is 0 Å². The summed E-state index contributed by atoms with van der Waals surface area (Å²) in [5.74, 6) is -0.117. The average molecular weight is 297 g/mol. The summed E-state index contributed by atoms with van der Waals surface area (Å²) in [7, 11) is 0. The normalized spacial score (nSPS) is 18.6. The second-order valence-corrected chi connectivity index (χ2v) is 7.40. The van der Waals surface area contributed by atoms with Crippen molar-refractivity contribution in [2.45, 2.75) is 25.0 Å².